The van der Waals surface area contributed by atoms with Gasteiger partial charge in [-0.25, -0.2) is 8.78 Å². The van der Waals surface area contributed by atoms with Crippen LogP contribution in [0.2, 0.25) is 0 Å². The Hall–Kier alpha value is -1.71. The fourth-order valence-corrected chi connectivity index (χ4v) is 1.99. The van der Waals surface area contributed by atoms with E-state index in [1.165, 1.54) is 12.1 Å². The molecule has 0 aliphatic heterocycles. The Kier molecular flexibility index (Phi) is 2.97. The summed E-state index contributed by atoms with van der Waals surface area (Å²) in [6.45, 7) is 7.94. The summed E-state index contributed by atoms with van der Waals surface area (Å²) < 4.78 is 28.7. The van der Waals surface area contributed by atoms with E-state index in [0.29, 0.717) is 5.69 Å². The molecule has 2 aromatic rings. The van der Waals surface area contributed by atoms with Crippen molar-refractivity contribution in [2.45, 2.75) is 33.2 Å². The van der Waals surface area contributed by atoms with Crippen LogP contribution in [-0.4, -0.2) is 9.78 Å². The summed E-state index contributed by atoms with van der Waals surface area (Å²) in [5, 5.41) is 4.36. The van der Waals surface area contributed by atoms with Gasteiger partial charge in [0.15, 0.2) is 11.6 Å². The first-order valence-corrected chi connectivity index (χ1v) is 5.82. The summed E-state index contributed by atoms with van der Waals surface area (Å²) in [5.41, 5.74) is 1.38. The average molecular weight is 250 g/mol. The lowest BCUT2D eigenvalue weighted by atomic mass is 10.1. The highest BCUT2D eigenvalue weighted by Crippen LogP contribution is 2.26. The quantitative estimate of drug-likeness (QED) is 0.750. The number of nitrogens with zero attached hydrogens (tertiary/aromatic N) is 2. The van der Waals surface area contributed by atoms with Gasteiger partial charge in [-0.3, -0.25) is 4.68 Å². The van der Waals surface area contributed by atoms with Gasteiger partial charge in [-0.1, -0.05) is 6.07 Å². The van der Waals surface area contributed by atoms with Gasteiger partial charge in [0.05, 0.1) is 11.2 Å². The Morgan fingerprint density at radius 2 is 1.83 bits per heavy atom. The van der Waals surface area contributed by atoms with E-state index < -0.39 is 11.6 Å². The fourth-order valence-electron chi connectivity index (χ4n) is 1.99. The third-order valence-electron chi connectivity index (χ3n) is 2.75. The van der Waals surface area contributed by atoms with Crippen LogP contribution in [0, 0.1) is 18.6 Å². The van der Waals surface area contributed by atoms with E-state index in [1.54, 1.807) is 6.07 Å². The molecule has 0 atom stereocenters. The number of aromatic nitrogens is 2. The molecule has 0 fully saturated rings. The Morgan fingerprint density at radius 3 is 2.39 bits per heavy atom. The normalized spacial score (nSPS) is 11.9. The van der Waals surface area contributed by atoms with Crippen molar-refractivity contribution in [1.29, 1.82) is 0 Å². The smallest absolute Gasteiger partial charge is 0.168 e. The van der Waals surface area contributed by atoms with Crippen LogP contribution < -0.4 is 0 Å². The lowest BCUT2D eigenvalue weighted by Crippen LogP contribution is -2.24. The Bertz CT molecular complexity index is 580. The summed E-state index contributed by atoms with van der Waals surface area (Å²) >= 11 is 0. The van der Waals surface area contributed by atoms with Crippen LogP contribution in [0.3, 0.4) is 0 Å². The fraction of sp³-hybridized carbons (Fsp3) is 0.357. The molecule has 0 spiro atoms. The van der Waals surface area contributed by atoms with Gasteiger partial charge in [0.1, 0.15) is 0 Å². The van der Waals surface area contributed by atoms with Crippen LogP contribution in [0.15, 0.2) is 24.3 Å². The highest BCUT2D eigenvalue weighted by molar-refractivity contribution is 5.60. The van der Waals surface area contributed by atoms with Gasteiger partial charge >= 0.3 is 0 Å². The summed E-state index contributed by atoms with van der Waals surface area (Å²) in [5.74, 6) is -1.70. The number of halogens is 2. The molecule has 0 N–H and O–H groups in total. The molecule has 0 aliphatic rings. The molecule has 0 aliphatic carbocycles. The van der Waals surface area contributed by atoms with Gasteiger partial charge in [-0.15, -0.1) is 0 Å². The largest absolute Gasteiger partial charge is 0.264 e. The van der Waals surface area contributed by atoms with Crippen molar-refractivity contribution >= 4 is 0 Å². The molecule has 2 rings (SSSR count). The van der Waals surface area contributed by atoms with Crippen molar-refractivity contribution in [3.63, 3.8) is 0 Å². The van der Waals surface area contributed by atoms with Crippen LogP contribution in [0.4, 0.5) is 8.78 Å². The van der Waals surface area contributed by atoms with E-state index in [1.807, 2.05) is 32.4 Å². The molecule has 1 aromatic heterocycles. The van der Waals surface area contributed by atoms with Crippen molar-refractivity contribution in [3.05, 3.63) is 41.6 Å². The molecule has 96 valence electrons. The SMILES string of the molecule is Cc1cc(-c2cccc(F)c2F)nn1C(C)(C)C. The molecule has 2 nitrogen and oxygen atoms in total. The van der Waals surface area contributed by atoms with Crippen molar-refractivity contribution in [3.8, 4) is 11.3 Å². The average Bonchev–Trinajstić information content (AvgIpc) is 2.64. The number of hydrogen-bond acceptors (Lipinski definition) is 1. The lowest BCUT2D eigenvalue weighted by Gasteiger charge is -2.21. The van der Waals surface area contributed by atoms with Crippen molar-refractivity contribution in [2.75, 3.05) is 0 Å². The second-order valence-electron chi connectivity index (χ2n) is 5.35. The minimum absolute atomic E-state index is 0.188. The number of hydrogen-bond donors (Lipinski definition) is 0. The maximum Gasteiger partial charge on any atom is 0.168 e. The van der Waals surface area contributed by atoms with Gasteiger partial charge in [0.2, 0.25) is 0 Å². The Balaban J connectivity index is 2.56. The molecule has 1 aromatic carbocycles. The van der Waals surface area contributed by atoms with Gasteiger partial charge in [0, 0.05) is 11.3 Å². The first kappa shape index (κ1) is 12.7. The number of rotatable bonds is 1. The van der Waals surface area contributed by atoms with Crippen LogP contribution in [0.1, 0.15) is 26.5 Å². The zero-order chi connectivity index (χ0) is 13.5. The maximum absolute atomic E-state index is 13.7. The monoisotopic (exact) mass is 250 g/mol. The van der Waals surface area contributed by atoms with E-state index >= 15 is 0 Å². The van der Waals surface area contributed by atoms with Crippen LogP contribution in [-0.2, 0) is 5.54 Å². The van der Waals surface area contributed by atoms with E-state index in [2.05, 4.69) is 5.10 Å². The van der Waals surface area contributed by atoms with Gasteiger partial charge < -0.3 is 0 Å². The predicted octanol–water partition coefficient (Wildman–Crippen LogP) is 3.89. The molecule has 0 radical (unpaired) electrons. The highest BCUT2D eigenvalue weighted by atomic mass is 19.2. The first-order chi connectivity index (χ1) is 8.30. The van der Waals surface area contributed by atoms with Gasteiger partial charge in [-0.05, 0) is 45.9 Å². The highest BCUT2D eigenvalue weighted by Gasteiger charge is 2.19. The van der Waals surface area contributed by atoms with Crippen LogP contribution in [0.25, 0.3) is 11.3 Å². The molecule has 0 saturated carbocycles. The molecule has 1 heterocycles. The minimum Gasteiger partial charge on any atom is -0.264 e. The summed E-state index contributed by atoms with van der Waals surface area (Å²) in [7, 11) is 0. The Morgan fingerprint density at radius 1 is 1.17 bits per heavy atom. The molecule has 18 heavy (non-hydrogen) atoms. The third kappa shape index (κ3) is 2.15. The first-order valence-electron chi connectivity index (χ1n) is 5.82. The van der Waals surface area contributed by atoms with E-state index in [9.17, 15) is 8.78 Å². The van der Waals surface area contributed by atoms with Crippen LogP contribution >= 0.6 is 0 Å². The molecule has 4 heteroatoms. The number of aryl methyl sites for hydroxylation is 1. The second-order valence-corrected chi connectivity index (χ2v) is 5.35. The van der Waals surface area contributed by atoms with Crippen LogP contribution in [0.5, 0.6) is 0 Å². The maximum atomic E-state index is 13.7. The standard InChI is InChI=1S/C14H16F2N2/c1-9-8-12(17-18(9)14(2,3)4)10-6-5-7-11(15)13(10)16/h5-8H,1-4H3. The van der Waals surface area contributed by atoms with Gasteiger partial charge in [0.25, 0.3) is 0 Å². The lowest BCUT2D eigenvalue weighted by molar-refractivity contribution is 0.348. The predicted molar refractivity (Wildman–Crippen MR) is 67.3 cm³/mol. The zero-order valence-electron chi connectivity index (χ0n) is 11.0. The summed E-state index contributed by atoms with van der Waals surface area (Å²) in [6, 6.07) is 5.89. The zero-order valence-corrected chi connectivity index (χ0v) is 11.0. The summed E-state index contributed by atoms with van der Waals surface area (Å²) in [4.78, 5) is 0. The van der Waals surface area contributed by atoms with Crippen molar-refractivity contribution in [1.82, 2.24) is 9.78 Å². The topological polar surface area (TPSA) is 17.8 Å². The van der Waals surface area contributed by atoms with Crippen molar-refractivity contribution in [2.24, 2.45) is 0 Å². The molecule has 0 bridgehead atoms. The molecule has 0 amide bonds. The molecular formula is C14H16F2N2. The van der Waals surface area contributed by atoms with E-state index in [0.717, 1.165) is 11.8 Å². The van der Waals surface area contributed by atoms with E-state index in [-0.39, 0.29) is 11.1 Å². The van der Waals surface area contributed by atoms with E-state index in [4.69, 9.17) is 0 Å². The van der Waals surface area contributed by atoms with Gasteiger partial charge in [-0.2, -0.15) is 5.10 Å². The summed E-state index contributed by atoms with van der Waals surface area (Å²) in [6.07, 6.45) is 0. The molecule has 0 unspecified atom stereocenters. The molecular weight excluding hydrogens is 234 g/mol. The molecule has 0 saturated heterocycles. The second kappa shape index (κ2) is 4.19. The third-order valence-corrected chi connectivity index (χ3v) is 2.75. The van der Waals surface area contributed by atoms with Crippen molar-refractivity contribution < 1.29 is 8.78 Å². The Labute approximate surface area is 105 Å². The number of benzene rings is 1. The minimum atomic E-state index is -0.851.